The molecule has 15 heavy (non-hydrogen) atoms. The molecule has 0 amide bonds. The third kappa shape index (κ3) is 4.11. The highest BCUT2D eigenvalue weighted by Gasteiger charge is 2.10. The fourth-order valence-corrected chi connectivity index (χ4v) is 1.96. The van der Waals surface area contributed by atoms with Gasteiger partial charge in [0.05, 0.1) is 12.6 Å². The van der Waals surface area contributed by atoms with Crippen molar-refractivity contribution in [1.29, 1.82) is 0 Å². The number of methoxy groups -OCH3 is 1. The van der Waals surface area contributed by atoms with Gasteiger partial charge in [0.25, 0.3) is 0 Å². The summed E-state index contributed by atoms with van der Waals surface area (Å²) in [6, 6.07) is 0.220. The highest BCUT2D eigenvalue weighted by Crippen LogP contribution is 2.13. The van der Waals surface area contributed by atoms with E-state index in [4.69, 9.17) is 10.5 Å². The Balaban J connectivity index is 2.48. The maximum atomic E-state index is 5.52. The standard InChI is InChI=1S/C9H18N4OS/c1-3-8-12-9(15-13-8)11-7(4-5-10)6-14-2/h7H,3-6,10H2,1-2H3,(H,11,12,13). The molecule has 1 atom stereocenters. The first kappa shape index (κ1) is 12.4. The van der Waals surface area contributed by atoms with Gasteiger partial charge in [-0.05, 0) is 13.0 Å². The quantitative estimate of drug-likeness (QED) is 0.727. The Kier molecular flexibility index (Phi) is 5.52. The lowest BCUT2D eigenvalue weighted by molar-refractivity contribution is 0.183. The predicted octanol–water partition coefficient (Wildman–Crippen LogP) is 0.876. The summed E-state index contributed by atoms with van der Waals surface area (Å²) in [7, 11) is 1.68. The molecule has 0 fully saturated rings. The normalized spacial score (nSPS) is 12.7. The van der Waals surface area contributed by atoms with Crippen LogP contribution in [0.2, 0.25) is 0 Å². The Labute approximate surface area is 94.2 Å². The zero-order valence-corrected chi connectivity index (χ0v) is 10.0. The molecule has 0 radical (unpaired) electrons. The average Bonchev–Trinajstić information content (AvgIpc) is 2.66. The summed E-state index contributed by atoms with van der Waals surface area (Å²) in [6.45, 7) is 3.32. The van der Waals surface area contributed by atoms with Crippen LogP contribution in [0.5, 0.6) is 0 Å². The molecule has 86 valence electrons. The summed E-state index contributed by atoms with van der Waals surface area (Å²) in [5.74, 6) is 0.881. The van der Waals surface area contributed by atoms with E-state index in [1.165, 1.54) is 11.5 Å². The number of anilines is 1. The highest BCUT2D eigenvalue weighted by molar-refractivity contribution is 7.09. The summed E-state index contributed by atoms with van der Waals surface area (Å²) in [6.07, 6.45) is 1.74. The molecule has 5 nitrogen and oxygen atoms in total. The minimum absolute atomic E-state index is 0.220. The summed E-state index contributed by atoms with van der Waals surface area (Å²) in [4.78, 5) is 4.33. The molecule has 3 N–H and O–H groups in total. The van der Waals surface area contributed by atoms with Gasteiger partial charge in [-0.1, -0.05) is 6.92 Å². The maximum Gasteiger partial charge on any atom is 0.202 e. The second-order valence-electron chi connectivity index (χ2n) is 3.24. The molecular formula is C9H18N4OS. The van der Waals surface area contributed by atoms with Gasteiger partial charge >= 0.3 is 0 Å². The third-order valence-electron chi connectivity index (χ3n) is 1.99. The van der Waals surface area contributed by atoms with Crippen LogP contribution in [0.15, 0.2) is 0 Å². The topological polar surface area (TPSA) is 73.1 Å². The first-order valence-electron chi connectivity index (χ1n) is 5.08. The molecule has 0 bridgehead atoms. The molecule has 1 rings (SSSR count). The van der Waals surface area contributed by atoms with Gasteiger partial charge in [-0.25, -0.2) is 4.98 Å². The lowest BCUT2D eigenvalue weighted by Crippen LogP contribution is -2.27. The van der Waals surface area contributed by atoms with E-state index in [-0.39, 0.29) is 6.04 Å². The monoisotopic (exact) mass is 230 g/mol. The number of ether oxygens (including phenoxy) is 1. The van der Waals surface area contributed by atoms with E-state index >= 15 is 0 Å². The molecule has 0 aromatic carbocycles. The number of nitrogens with two attached hydrogens (primary N) is 1. The number of hydrogen-bond acceptors (Lipinski definition) is 6. The van der Waals surface area contributed by atoms with Crippen LogP contribution in [-0.4, -0.2) is 35.7 Å². The molecule has 1 aromatic heterocycles. The largest absolute Gasteiger partial charge is 0.383 e. The molecule has 0 aliphatic carbocycles. The SMILES string of the molecule is CCc1nsc(NC(CCN)COC)n1. The van der Waals surface area contributed by atoms with Crippen molar-refractivity contribution in [2.45, 2.75) is 25.8 Å². The van der Waals surface area contributed by atoms with Gasteiger partial charge in [-0.2, -0.15) is 4.37 Å². The van der Waals surface area contributed by atoms with Crippen molar-refractivity contribution in [3.63, 3.8) is 0 Å². The molecule has 0 spiro atoms. The van der Waals surface area contributed by atoms with E-state index in [1.807, 2.05) is 6.92 Å². The van der Waals surface area contributed by atoms with Gasteiger partial charge in [0.2, 0.25) is 5.13 Å². The van der Waals surface area contributed by atoms with Crippen molar-refractivity contribution in [1.82, 2.24) is 9.36 Å². The van der Waals surface area contributed by atoms with E-state index in [9.17, 15) is 0 Å². The van der Waals surface area contributed by atoms with Crippen molar-refractivity contribution >= 4 is 16.7 Å². The number of nitrogens with zero attached hydrogens (tertiary/aromatic N) is 2. The first-order valence-corrected chi connectivity index (χ1v) is 5.85. The van der Waals surface area contributed by atoms with Gasteiger partial charge in [-0.15, -0.1) is 0 Å². The van der Waals surface area contributed by atoms with Crippen LogP contribution in [0.3, 0.4) is 0 Å². The second kappa shape index (κ2) is 6.71. The molecule has 0 saturated heterocycles. The van der Waals surface area contributed by atoms with Crippen LogP contribution in [0, 0.1) is 0 Å². The summed E-state index contributed by atoms with van der Waals surface area (Å²) < 4.78 is 9.30. The summed E-state index contributed by atoms with van der Waals surface area (Å²) in [5, 5.41) is 4.12. The van der Waals surface area contributed by atoms with E-state index < -0.39 is 0 Å². The Morgan fingerprint density at radius 2 is 2.40 bits per heavy atom. The van der Waals surface area contributed by atoms with Gasteiger partial charge in [0.15, 0.2) is 0 Å². The first-order chi connectivity index (χ1) is 7.30. The van der Waals surface area contributed by atoms with Crippen molar-refractivity contribution in [3.8, 4) is 0 Å². The fraction of sp³-hybridized carbons (Fsp3) is 0.778. The summed E-state index contributed by atoms with van der Waals surface area (Å²) >= 11 is 1.39. The maximum absolute atomic E-state index is 5.52. The molecule has 6 heteroatoms. The van der Waals surface area contributed by atoms with Gasteiger partial charge < -0.3 is 15.8 Å². The van der Waals surface area contributed by atoms with Crippen LogP contribution in [0.1, 0.15) is 19.2 Å². The predicted molar refractivity (Wildman–Crippen MR) is 62.2 cm³/mol. The fourth-order valence-electron chi connectivity index (χ4n) is 1.23. The third-order valence-corrected chi connectivity index (χ3v) is 2.68. The highest BCUT2D eigenvalue weighted by atomic mass is 32.1. The van der Waals surface area contributed by atoms with E-state index in [0.29, 0.717) is 13.2 Å². The Hall–Kier alpha value is -0.720. The Morgan fingerprint density at radius 3 is 2.93 bits per heavy atom. The number of aryl methyl sites for hydroxylation is 1. The van der Waals surface area contributed by atoms with Gasteiger partial charge in [0.1, 0.15) is 5.82 Å². The number of nitrogens with one attached hydrogen (secondary N) is 1. The molecule has 1 aromatic rings. The zero-order valence-electron chi connectivity index (χ0n) is 9.19. The van der Waals surface area contributed by atoms with Crippen LogP contribution >= 0.6 is 11.5 Å². The lowest BCUT2D eigenvalue weighted by Gasteiger charge is -2.15. The molecule has 0 saturated carbocycles. The zero-order chi connectivity index (χ0) is 11.1. The second-order valence-corrected chi connectivity index (χ2v) is 4.00. The van der Waals surface area contributed by atoms with Crippen LogP contribution < -0.4 is 11.1 Å². The number of rotatable bonds is 7. The summed E-state index contributed by atoms with van der Waals surface area (Å²) in [5.41, 5.74) is 5.52. The van der Waals surface area contributed by atoms with E-state index in [0.717, 1.165) is 23.8 Å². The Morgan fingerprint density at radius 1 is 1.60 bits per heavy atom. The van der Waals surface area contributed by atoms with E-state index in [2.05, 4.69) is 14.7 Å². The number of hydrogen-bond donors (Lipinski definition) is 2. The van der Waals surface area contributed by atoms with Crippen LogP contribution in [-0.2, 0) is 11.2 Å². The van der Waals surface area contributed by atoms with Crippen molar-refractivity contribution < 1.29 is 4.74 Å². The molecular weight excluding hydrogens is 212 g/mol. The van der Waals surface area contributed by atoms with Crippen molar-refractivity contribution in [2.24, 2.45) is 5.73 Å². The molecule has 0 aliphatic rings. The van der Waals surface area contributed by atoms with Crippen LogP contribution in [0.25, 0.3) is 0 Å². The average molecular weight is 230 g/mol. The van der Waals surface area contributed by atoms with Gasteiger partial charge in [0, 0.05) is 25.1 Å². The van der Waals surface area contributed by atoms with E-state index in [1.54, 1.807) is 7.11 Å². The van der Waals surface area contributed by atoms with Crippen LogP contribution in [0.4, 0.5) is 5.13 Å². The van der Waals surface area contributed by atoms with Gasteiger partial charge in [-0.3, -0.25) is 0 Å². The lowest BCUT2D eigenvalue weighted by atomic mass is 10.2. The van der Waals surface area contributed by atoms with Crippen molar-refractivity contribution in [2.75, 3.05) is 25.6 Å². The minimum Gasteiger partial charge on any atom is -0.383 e. The molecule has 1 heterocycles. The number of aromatic nitrogens is 2. The van der Waals surface area contributed by atoms with Crippen molar-refractivity contribution in [3.05, 3.63) is 5.82 Å². The molecule has 0 aliphatic heterocycles. The smallest absolute Gasteiger partial charge is 0.202 e. The Bertz CT molecular complexity index is 273. The molecule has 1 unspecified atom stereocenters. The minimum atomic E-state index is 0.220.